The molecular weight excluding hydrogens is 373 g/mol. The third-order valence-corrected chi connectivity index (χ3v) is 4.53. The molecule has 0 aliphatic carbocycles. The van der Waals surface area contributed by atoms with Gasteiger partial charge in [0.2, 0.25) is 5.91 Å². The van der Waals surface area contributed by atoms with Crippen molar-refractivity contribution < 1.29 is 14.0 Å². The number of carbonyl (C=O) groups excluding carboxylic acids is 2. The molecule has 126 valence electrons. The molecule has 0 bridgehead atoms. The van der Waals surface area contributed by atoms with Crippen LogP contribution in [-0.4, -0.2) is 11.7 Å². The van der Waals surface area contributed by atoms with E-state index in [0.29, 0.717) is 11.1 Å². The van der Waals surface area contributed by atoms with E-state index in [1.54, 1.807) is 6.07 Å². The van der Waals surface area contributed by atoms with Gasteiger partial charge in [0.05, 0.1) is 0 Å². The molecule has 0 saturated heterocycles. The SMILES string of the molecule is Cc1ccc(C)c(C(=O)CCC(=O)NCc2cc(F)ccc2Br)c1. The van der Waals surface area contributed by atoms with Gasteiger partial charge >= 0.3 is 0 Å². The van der Waals surface area contributed by atoms with Gasteiger partial charge in [-0.15, -0.1) is 0 Å². The summed E-state index contributed by atoms with van der Waals surface area (Å²) in [7, 11) is 0. The maximum atomic E-state index is 13.2. The molecule has 5 heteroatoms. The molecule has 0 aliphatic rings. The Hall–Kier alpha value is -2.01. The molecule has 2 rings (SSSR count). The molecule has 0 heterocycles. The highest BCUT2D eigenvalue weighted by Gasteiger charge is 2.12. The lowest BCUT2D eigenvalue weighted by Gasteiger charge is -2.08. The minimum absolute atomic E-state index is 0.0433. The minimum Gasteiger partial charge on any atom is -0.352 e. The molecule has 3 nitrogen and oxygen atoms in total. The number of aryl methyl sites for hydroxylation is 2. The Morgan fingerprint density at radius 2 is 1.83 bits per heavy atom. The van der Waals surface area contributed by atoms with Crippen LogP contribution >= 0.6 is 15.9 Å². The minimum atomic E-state index is -0.354. The Bertz CT molecular complexity index is 774. The predicted molar refractivity (Wildman–Crippen MR) is 95.4 cm³/mol. The number of benzene rings is 2. The Morgan fingerprint density at radius 1 is 1.08 bits per heavy atom. The van der Waals surface area contributed by atoms with Gasteiger partial charge in [-0.2, -0.15) is 0 Å². The van der Waals surface area contributed by atoms with Crippen molar-refractivity contribution >= 4 is 27.6 Å². The summed E-state index contributed by atoms with van der Waals surface area (Å²) in [6.07, 6.45) is 0.263. The first-order valence-corrected chi connectivity index (χ1v) is 8.47. The highest BCUT2D eigenvalue weighted by Crippen LogP contribution is 2.18. The summed E-state index contributed by atoms with van der Waals surface area (Å²) in [6.45, 7) is 4.03. The number of hydrogen-bond acceptors (Lipinski definition) is 2. The van der Waals surface area contributed by atoms with Crippen LogP contribution < -0.4 is 5.32 Å². The highest BCUT2D eigenvalue weighted by atomic mass is 79.9. The largest absolute Gasteiger partial charge is 0.352 e. The van der Waals surface area contributed by atoms with Crippen LogP contribution in [0.25, 0.3) is 0 Å². The fourth-order valence-corrected chi connectivity index (χ4v) is 2.75. The van der Waals surface area contributed by atoms with Crippen LogP contribution in [0.4, 0.5) is 4.39 Å². The van der Waals surface area contributed by atoms with E-state index in [0.717, 1.165) is 15.6 Å². The number of hydrogen-bond donors (Lipinski definition) is 1. The average molecular weight is 392 g/mol. The van der Waals surface area contributed by atoms with E-state index >= 15 is 0 Å². The number of amides is 1. The molecule has 0 spiro atoms. The van der Waals surface area contributed by atoms with Gasteiger partial charge in [0.1, 0.15) is 5.82 Å². The predicted octanol–water partition coefficient (Wildman–Crippen LogP) is 4.48. The van der Waals surface area contributed by atoms with E-state index in [1.165, 1.54) is 12.1 Å². The first kappa shape index (κ1) is 18.3. The van der Waals surface area contributed by atoms with Crippen molar-refractivity contribution in [1.29, 1.82) is 0 Å². The van der Waals surface area contributed by atoms with Crippen molar-refractivity contribution in [2.45, 2.75) is 33.2 Å². The number of halogens is 2. The molecule has 1 N–H and O–H groups in total. The summed E-state index contributed by atoms with van der Waals surface area (Å²) in [5, 5.41) is 2.71. The molecule has 1 amide bonds. The lowest BCUT2D eigenvalue weighted by atomic mass is 9.99. The van der Waals surface area contributed by atoms with Gasteiger partial charge in [0.25, 0.3) is 0 Å². The van der Waals surface area contributed by atoms with E-state index in [4.69, 9.17) is 0 Å². The van der Waals surface area contributed by atoms with Gasteiger partial charge in [-0.3, -0.25) is 9.59 Å². The Kier molecular flexibility index (Phi) is 6.26. The standard InChI is InChI=1S/C19H19BrFNO2/c1-12-3-4-13(2)16(9-12)18(23)7-8-19(24)22-11-14-10-15(21)5-6-17(14)20/h3-6,9-10H,7-8,11H2,1-2H3,(H,22,24). The van der Waals surface area contributed by atoms with Crippen molar-refractivity contribution in [3.63, 3.8) is 0 Å². The van der Waals surface area contributed by atoms with Crippen molar-refractivity contribution in [2.24, 2.45) is 0 Å². The Balaban J connectivity index is 1.88. The third-order valence-electron chi connectivity index (χ3n) is 3.76. The van der Waals surface area contributed by atoms with E-state index in [2.05, 4.69) is 21.2 Å². The summed E-state index contributed by atoms with van der Waals surface area (Å²) in [5.41, 5.74) is 3.25. The van der Waals surface area contributed by atoms with Gasteiger partial charge in [-0.05, 0) is 49.2 Å². The monoisotopic (exact) mass is 391 g/mol. The van der Waals surface area contributed by atoms with Crippen LogP contribution in [0.1, 0.15) is 39.9 Å². The zero-order valence-electron chi connectivity index (χ0n) is 13.7. The number of carbonyl (C=O) groups is 2. The molecule has 2 aromatic rings. The van der Waals surface area contributed by atoms with E-state index in [1.807, 2.05) is 32.0 Å². The lowest BCUT2D eigenvalue weighted by Crippen LogP contribution is -2.23. The van der Waals surface area contributed by atoms with Gasteiger partial charge in [0, 0.05) is 29.4 Å². The molecular formula is C19H19BrFNO2. The fourth-order valence-electron chi connectivity index (χ4n) is 2.36. The van der Waals surface area contributed by atoms with Crippen molar-refractivity contribution in [1.82, 2.24) is 5.32 Å². The Labute approximate surface area is 149 Å². The topological polar surface area (TPSA) is 46.2 Å². The van der Waals surface area contributed by atoms with Crippen LogP contribution in [0.2, 0.25) is 0 Å². The van der Waals surface area contributed by atoms with Gasteiger partial charge in [-0.25, -0.2) is 4.39 Å². The molecule has 0 radical (unpaired) electrons. The lowest BCUT2D eigenvalue weighted by molar-refractivity contribution is -0.121. The van der Waals surface area contributed by atoms with Gasteiger partial charge in [0.15, 0.2) is 5.78 Å². The van der Waals surface area contributed by atoms with Gasteiger partial charge in [-0.1, -0.05) is 33.6 Å². The second-order valence-corrected chi connectivity index (χ2v) is 6.61. The first-order chi connectivity index (χ1) is 11.4. The number of nitrogens with one attached hydrogen (secondary N) is 1. The van der Waals surface area contributed by atoms with Crippen molar-refractivity contribution in [3.8, 4) is 0 Å². The smallest absolute Gasteiger partial charge is 0.220 e. The van der Waals surface area contributed by atoms with Crippen LogP contribution in [0.3, 0.4) is 0 Å². The number of ketones is 1. The van der Waals surface area contributed by atoms with Crippen molar-refractivity contribution in [3.05, 3.63) is 68.9 Å². The average Bonchev–Trinajstić information content (AvgIpc) is 2.55. The molecule has 0 atom stereocenters. The third kappa shape index (κ3) is 4.99. The molecule has 0 aliphatic heterocycles. The summed E-state index contributed by atoms with van der Waals surface area (Å²) in [6, 6.07) is 10.0. The maximum Gasteiger partial charge on any atom is 0.220 e. The molecule has 0 fully saturated rings. The van der Waals surface area contributed by atoms with E-state index < -0.39 is 0 Å². The van der Waals surface area contributed by atoms with Crippen LogP contribution in [0.5, 0.6) is 0 Å². The summed E-state index contributed by atoms with van der Waals surface area (Å²) >= 11 is 3.32. The fraction of sp³-hybridized carbons (Fsp3) is 0.263. The molecule has 2 aromatic carbocycles. The highest BCUT2D eigenvalue weighted by molar-refractivity contribution is 9.10. The zero-order valence-corrected chi connectivity index (χ0v) is 15.2. The molecule has 0 aromatic heterocycles. The Morgan fingerprint density at radius 3 is 2.58 bits per heavy atom. The number of Topliss-reactive ketones (excluding diaryl/α,β-unsaturated/α-hetero) is 1. The number of rotatable bonds is 6. The molecule has 0 saturated carbocycles. The molecule has 24 heavy (non-hydrogen) atoms. The molecule has 0 unspecified atom stereocenters. The summed E-state index contributed by atoms with van der Waals surface area (Å²) in [4.78, 5) is 24.2. The maximum absolute atomic E-state index is 13.2. The quantitative estimate of drug-likeness (QED) is 0.737. The van der Waals surface area contributed by atoms with Crippen molar-refractivity contribution in [2.75, 3.05) is 0 Å². The normalized spacial score (nSPS) is 10.5. The second-order valence-electron chi connectivity index (χ2n) is 5.75. The van der Waals surface area contributed by atoms with Crippen LogP contribution in [-0.2, 0) is 11.3 Å². The van der Waals surface area contributed by atoms with Crippen LogP contribution in [0.15, 0.2) is 40.9 Å². The van der Waals surface area contributed by atoms with Crippen LogP contribution in [0, 0.1) is 19.7 Å². The van der Waals surface area contributed by atoms with Gasteiger partial charge < -0.3 is 5.32 Å². The summed E-state index contributed by atoms with van der Waals surface area (Å²) < 4.78 is 13.9. The zero-order chi connectivity index (χ0) is 17.7. The second kappa shape index (κ2) is 8.20. The van der Waals surface area contributed by atoms with E-state index in [9.17, 15) is 14.0 Å². The van der Waals surface area contributed by atoms with E-state index in [-0.39, 0.29) is 36.9 Å². The first-order valence-electron chi connectivity index (χ1n) is 7.68. The summed E-state index contributed by atoms with van der Waals surface area (Å²) in [5.74, 6) is -0.629.